The summed E-state index contributed by atoms with van der Waals surface area (Å²) in [4.78, 5) is 0. The molecule has 2 nitrogen and oxygen atoms in total. The second-order valence-corrected chi connectivity index (χ2v) is 6.84. The van der Waals surface area contributed by atoms with Gasteiger partial charge in [0.15, 0.2) is 0 Å². The van der Waals surface area contributed by atoms with Gasteiger partial charge in [-0.15, -0.1) is 0 Å². The van der Waals surface area contributed by atoms with Crippen LogP contribution in [-0.4, -0.2) is 6.04 Å². The number of nitrogens with two attached hydrogens (primary N) is 1. The molecule has 1 heterocycles. The fraction of sp³-hybridized carbons (Fsp3) is 0.200. The minimum atomic E-state index is 0.0140. The van der Waals surface area contributed by atoms with Crippen molar-refractivity contribution in [2.75, 3.05) is 0 Å². The maximum Gasteiger partial charge on any atom is 0.134 e. The van der Waals surface area contributed by atoms with Crippen molar-refractivity contribution in [2.24, 2.45) is 11.7 Å². The third kappa shape index (κ3) is 4.02. The molecular weight excluding hydrogens is 341 g/mol. The first-order valence-corrected chi connectivity index (χ1v) is 8.65. The van der Waals surface area contributed by atoms with Crippen LogP contribution in [0.15, 0.2) is 59.0 Å². The summed E-state index contributed by atoms with van der Waals surface area (Å²) in [6.07, 6.45) is 4.89. The van der Waals surface area contributed by atoms with Crippen molar-refractivity contribution in [2.45, 2.75) is 19.4 Å². The van der Waals surface area contributed by atoms with Crippen LogP contribution in [0.1, 0.15) is 18.2 Å². The van der Waals surface area contributed by atoms with Gasteiger partial charge in [0, 0.05) is 11.4 Å². The highest BCUT2D eigenvalue weighted by molar-refractivity contribution is 6.42. The lowest BCUT2D eigenvalue weighted by Crippen LogP contribution is -2.26. The Morgan fingerprint density at radius 1 is 1.08 bits per heavy atom. The molecule has 0 fully saturated rings. The third-order valence-electron chi connectivity index (χ3n) is 4.08. The molecule has 1 aromatic heterocycles. The van der Waals surface area contributed by atoms with Gasteiger partial charge in [0.05, 0.1) is 10.0 Å². The second-order valence-electron chi connectivity index (χ2n) is 6.02. The van der Waals surface area contributed by atoms with E-state index in [4.69, 9.17) is 33.4 Å². The summed E-state index contributed by atoms with van der Waals surface area (Å²) in [6.45, 7) is 2.01. The first-order chi connectivity index (χ1) is 11.5. The third-order valence-corrected chi connectivity index (χ3v) is 4.82. The molecule has 0 amide bonds. The lowest BCUT2D eigenvalue weighted by atomic mass is 9.93. The van der Waals surface area contributed by atoms with E-state index in [1.54, 1.807) is 0 Å². The maximum absolute atomic E-state index is 6.15. The molecule has 3 aromatic rings. The van der Waals surface area contributed by atoms with Gasteiger partial charge in [-0.1, -0.05) is 53.5 Å². The highest BCUT2D eigenvalue weighted by atomic mass is 35.5. The molecule has 0 aliphatic heterocycles. The fourth-order valence-electron chi connectivity index (χ4n) is 2.67. The Bertz CT molecular complexity index is 834. The number of benzene rings is 2. The van der Waals surface area contributed by atoms with E-state index in [9.17, 15) is 0 Å². The predicted molar refractivity (Wildman–Crippen MR) is 103 cm³/mol. The van der Waals surface area contributed by atoms with Crippen molar-refractivity contribution >= 4 is 40.2 Å². The van der Waals surface area contributed by atoms with Gasteiger partial charge in [-0.25, -0.2) is 0 Å². The number of fused-ring (bicyclic) bond motifs is 1. The zero-order valence-corrected chi connectivity index (χ0v) is 14.9. The minimum absolute atomic E-state index is 0.0140. The summed E-state index contributed by atoms with van der Waals surface area (Å²) in [7, 11) is 0. The van der Waals surface area contributed by atoms with E-state index in [0.29, 0.717) is 10.0 Å². The van der Waals surface area contributed by atoms with Crippen LogP contribution in [0.4, 0.5) is 0 Å². The van der Waals surface area contributed by atoms with Gasteiger partial charge in [0.2, 0.25) is 0 Å². The standard InChI is InChI=1S/C20H19Cl2NO/c1-13(23)15(10-14-6-9-18(21)19(22)11-14)7-8-17-12-16-4-2-3-5-20(16)24-17/h2-9,11-13,15H,10,23H2,1H3. The van der Waals surface area contributed by atoms with E-state index in [1.165, 1.54) is 0 Å². The first kappa shape index (κ1) is 17.1. The largest absolute Gasteiger partial charge is 0.457 e. The summed E-state index contributed by atoms with van der Waals surface area (Å²) < 4.78 is 5.82. The molecular formula is C20H19Cl2NO. The molecule has 2 unspecified atom stereocenters. The molecule has 0 aliphatic carbocycles. The molecule has 2 N–H and O–H groups in total. The van der Waals surface area contributed by atoms with Gasteiger partial charge >= 0.3 is 0 Å². The van der Waals surface area contributed by atoms with Crippen molar-refractivity contribution < 1.29 is 4.42 Å². The number of para-hydroxylation sites is 1. The quantitative estimate of drug-likeness (QED) is 0.610. The summed E-state index contributed by atoms with van der Waals surface area (Å²) in [5, 5.41) is 2.23. The predicted octanol–water partition coefficient (Wildman–Crippen LogP) is 5.96. The van der Waals surface area contributed by atoms with Crippen LogP contribution in [-0.2, 0) is 6.42 Å². The first-order valence-electron chi connectivity index (χ1n) is 7.89. The van der Waals surface area contributed by atoms with Crippen LogP contribution in [0.2, 0.25) is 10.0 Å². The van der Waals surface area contributed by atoms with Crippen molar-refractivity contribution in [3.63, 3.8) is 0 Å². The molecule has 24 heavy (non-hydrogen) atoms. The molecule has 0 saturated carbocycles. The van der Waals surface area contributed by atoms with E-state index >= 15 is 0 Å². The lowest BCUT2D eigenvalue weighted by molar-refractivity contribution is 0.533. The Kier molecular flexibility index (Phi) is 5.30. The fourth-order valence-corrected chi connectivity index (χ4v) is 2.99. The number of halogens is 2. The van der Waals surface area contributed by atoms with E-state index in [1.807, 2.05) is 61.5 Å². The molecule has 124 valence electrons. The van der Waals surface area contributed by atoms with Crippen molar-refractivity contribution in [3.05, 3.63) is 76.0 Å². The van der Waals surface area contributed by atoms with Gasteiger partial charge in [-0.05, 0) is 55.2 Å². The summed E-state index contributed by atoms with van der Waals surface area (Å²) in [5.74, 6) is 1.01. The molecule has 0 spiro atoms. The Morgan fingerprint density at radius 3 is 2.58 bits per heavy atom. The van der Waals surface area contributed by atoms with Crippen LogP contribution in [0.5, 0.6) is 0 Å². The summed E-state index contributed by atoms with van der Waals surface area (Å²) in [5.41, 5.74) is 8.15. The van der Waals surface area contributed by atoms with E-state index < -0.39 is 0 Å². The number of hydrogen-bond acceptors (Lipinski definition) is 2. The van der Waals surface area contributed by atoms with Gasteiger partial charge in [0.25, 0.3) is 0 Å². The smallest absolute Gasteiger partial charge is 0.134 e. The molecule has 3 rings (SSSR count). The molecule has 0 bridgehead atoms. The SMILES string of the molecule is CC(N)C(C=Cc1cc2ccccc2o1)Cc1ccc(Cl)c(Cl)c1. The van der Waals surface area contributed by atoms with Gasteiger partial charge in [-0.2, -0.15) is 0 Å². The second kappa shape index (κ2) is 7.43. The van der Waals surface area contributed by atoms with Crippen LogP contribution in [0.25, 0.3) is 17.0 Å². The zero-order chi connectivity index (χ0) is 17.1. The molecule has 0 radical (unpaired) electrons. The molecule has 0 aliphatic rings. The van der Waals surface area contributed by atoms with Crippen LogP contribution >= 0.6 is 23.2 Å². The minimum Gasteiger partial charge on any atom is -0.457 e. The maximum atomic E-state index is 6.15. The summed E-state index contributed by atoms with van der Waals surface area (Å²) in [6, 6.07) is 15.7. The normalized spacial score (nSPS) is 14.3. The summed E-state index contributed by atoms with van der Waals surface area (Å²) >= 11 is 12.1. The number of furan rings is 1. The Labute approximate surface area is 151 Å². The van der Waals surface area contributed by atoms with E-state index in [-0.39, 0.29) is 12.0 Å². The zero-order valence-electron chi connectivity index (χ0n) is 13.4. The van der Waals surface area contributed by atoms with E-state index in [0.717, 1.165) is 28.7 Å². The average Bonchev–Trinajstić information content (AvgIpc) is 2.97. The van der Waals surface area contributed by atoms with Crippen molar-refractivity contribution in [3.8, 4) is 0 Å². The number of rotatable bonds is 5. The Hall–Kier alpha value is -1.74. The van der Waals surface area contributed by atoms with Crippen LogP contribution < -0.4 is 5.73 Å². The van der Waals surface area contributed by atoms with Gasteiger partial charge in [0.1, 0.15) is 11.3 Å². The molecule has 4 heteroatoms. The average molecular weight is 360 g/mol. The highest BCUT2D eigenvalue weighted by Crippen LogP contribution is 2.25. The van der Waals surface area contributed by atoms with Crippen molar-refractivity contribution in [1.29, 1.82) is 0 Å². The van der Waals surface area contributed by atoms with E-state index in [2.05, 4.69) is 6.08 Å². The molecule has 2 atom stereocenters. The molecule has 0 saturated heterocycles. The Balaban J connectivity index is 1.78. The van der Waals surface area contributed by atoms with Gasteiger partial charge < -0.3 is 10.2 Å². The highest BCUT2D eigenvalue weighted by Gasteiger charge is 2.13. The Morgan fingerprint density at radius 2 is 1.88 bits per heavy atom. The molecule has 2 aromatic carbocycles. The van der Waals surface area contributed by atoms with Gasteiger partial charge in [-0.3, -0.25) is 0 Å². The van der Waals surface area contributed by atoms with Crippen LogP contribution in [0.3, 0.4) is 0 Å². The van der Waals surface area contributed by atoms with Crippen LogP contribution in [0, 0.1) is 5.92 Å². The number of hydrogen-bond donors (Lipinski definition) is 1. The van der Waals surface area contributed by atoms with Crippen molar-refractivity contribution in [1.82, 2.24) is 0 Å². The monoisotopic (exact) mass is 359 g/mol. The lowest BCUT2D eigenvalue weighted by Gasteiger charge is -2.17. The topological polar surface area (TPSA) is 39.2 Å².